The van der Waals surface area contributed by atoms with Crippen LogP contribution in [0.5, 0.6) is 5.75 Å². The van der Waals surface area contributed by atoms with Crippen molar-refractivity contribution >= 4 is 16.9 Å². The van der Waals surface area contributed by atoms with E-state index in [0.29, 0.717) is 22.3 Å². The number of aliphatic carboxylic acids is 1. The number of hydrogen-bond acceptors (Lipinski definition) is 3. The fourth-order valence-corrected chi connectivity index (χ4v) is 2.46. The molecule has 0 fully saturated rings. The number of carboxylic acids is 1. The average molecular weight is 275 g/mol. The van der Waals surface area contributed by atoms with Gasteiger partial charge in [-0.3, -0.25) is 9.59 Å². The Morgan fingerprint density at radius 1 is 1.40 bits per heavy atom. The molecular formula is C15H17NO4. The van der Waals surface area contributed by atoms with Gasteiger partial charge in [-0.1, -0.05) is 6.07 Å². The molecule has 1 aromatic carbocycles. The fourth-order valence-electron chi connectivity index (χ4n) is 2.46. The summed E-state index contributed by atoms with van der Waals surface area (Å²) >= 11 is 0. The molecule has 20 heavy (non-hydrogen) atoms. The van der Waals surface area contributed by atoms with Gasteiger partial charge in [0.25, 0.3) is 0 Å². The summed E-state index contributed by atoms with van der Waals surface area (Å²) in [4.78, 5) is 23.2. The maximum atomic E-state index is 12.2. The Bertz CT molecular complexity index is 716. The number of para-hydroxylation sites is 1. The van der Waals surface area contributed by atoms with E-state index >= 15 is 0 Å². The Balaban J connectivity index is 2.92. The zero-order valence-electron chi connectivity index (χ0n) is 11.7. The molecule has 2 rings (SSSR count). The number of carboxylic acid groups (broad SMARTS) is 1. The first kappa shape index (κ1) is 14.1. The lowest BCUT2D eigenvalue weighted by atomic mass is 10.1. The van der Waals surface area contributed by atoms with Crippen LogP contribution in [0.4, 0.5) is 0 Å². The van der Waals surface area contributed by atoms with E-state index in [1.165, 1.54) is 13.2 Å². The minimum absolute atomic E-state index is 0.0174. The predicted molar refractivity (Wildman–Crippen MR) is 76.5 cm³/mol. The van der Waals surface area contributed by atoms with E-state index in [9.17, 15) is 9.59 Å². The topological polar surface area (TPSA) is 68.5 Å². The van der Waals surface area contributed by atoms with Crippen molar-refractivity contribution in [1.29, 1.82) is 0 Å². The van der Waals surface area contributed by atoms with Crippen LogP contribution in [0, 0.1) is 0 Å². The van der Waals surface area contributed by atoms with E-state index in [2.05, 4.69) is 0 Å². The number of ether oxygens (including phenoxy) is 1. The lowest BCUT2D eigenvalue weighted by molar-refractivity contribution is -0.136. The van der Waals surface area contributed by atoms with Gasteiger partial charge in [0.15, 0.2) is 5.43 Å². The molecule has 1 aromatic heterocycles. The number of rotatable bonds is 4. The third kappa shape index (κ3) is 2.39. The van der Waals surface area contributed by atoms with Gasteiger partial charge in [0.2, 0.25) is 0 Å². The Labute approximate surface area is 116 Å². The number of aromatic nitrogens is 1. The zero-order valence-corrected chi connectivity index (χ0v) is 11.7. The first-order valence-electron chi connectivity index (χ1n) is 6.38. The summed E-state index contributed by atoms with van der Waals surface area (Å²) in [5.74, 6) is -0.395. The number of hydrogen-bond donors (Lipinski definition) is 1. The van der Waals surface area contributed by atoms with Gasteiger partial charge < -0.3 is 14.4 Å². The molecule has 0 radical (unpaired) electrons. The van der Waals surface area contributed by atoms with Gasteiger partial charge in [-0.05, 0) is 26.0 Å². The van der Waals surface area contributed by atoms with Crippen LogP contribution in [-0.2, 0) is 11.2 Å². The Morgan fingerprint density at radius 2 is 2.10 bits per heavy atom. The number of nitrogens with zero attached hydrogens (tertiary/aromatic N) is 1. The molecule has 106 valence electrons. The van der Waals surface area contributed by atoms with Crippen molar-refractivity contribution in [2.45, 2.75) is 26.3 Å². The molecule has 2 aromatic rings. The van der Waals surface area contributed by atoms with Gasteiger partial charge in [-0.2, -0.15) is 0 Å². The van der Waals surface area contributed by atoms with Crippen molar-refractivity contribution in [3.63, 3.8) is 0 Å². The number of fused-ring (bicyclic) bond motifs is 1. The van der Waals surface area contributed by atoms with Crippen molar-refractivity contribution in [2.24, 2.45) is 0 Å². The lowest BCUT2D eigenvalue weighted by Gasteiger charge is -2.21. The molecule has 0 bridgehead atoms. The smallest absolute Gasteiger partial charge is 0.309 e. The molecule has 5 heteroatoms. The summed E-state index contributed by atoms with van der Waals surface area (Å²) in [5, 5.41) is 9.55. The molecule has 0 unspecified atom stereocenters. The fraction of sp³-hybridized carbons (Fsp3) is 0.333. The van der Waals surface area contributed by atoms with Crippen LogP contribution in [0.2, 0.25) is 0 Å². The summed E-state index contributed by atoms with van der Waals surface area (Å²) in [5.41, 5.74) is 0.940. The van der Waals surface area contributed by atoms with Gasteiger partial charge in [-0.25, -0.2) is 0 Å². The third-order valence-electron chi connectivity index (χ3n) is 3.18. The molecule has 0 aliphatic heterocycles. The summed E-state index contributed by atoms with van der Waals surface area (Å²) in [6, 6.07) is 6.66. The third-order valence-corrected chi connectivity index (χ3v) is 3.18. The van der Waals surface area contributed by atoms with E-state index in [0.717, 1.165) is 0 Å². The summed E-state index contributed by atoms with van der Waals surface area (Å²) in [7, 11) is 1.54. The predicted octanol–water partition coefficient (Wildman–Crippen LogP) is 2.22. The van der Waals surface area contributed by atoms with Gasteiger partial charge in [0.05, 0.1) is 19.0 Å². The SMILES string of the molecule is COc1cccc2c(=O)cc(CC(=O)O)n(C(C)C)c12. The highest BCUT2D eigenvalue weighted by Crippen LogP contribution is 2.27. The van der Waals surface area contributed by atoms with E-state index < -0.39 is 5.97 Å². The summed E-state index contributed by atoms with van der Waals surface area (Å²) in [6.45, 7) is 3.89. The standard InChI is InChI=1S/C15H17NO4/c1-9(2)16-10(8-14(18)19)7-12(17)11-5-4-6-13(20-3)15(11)16/h4-7,9H,8H2,1-3H3,(H,18,19). The minimum Gasteiger partial charge on any atom is -0.495 e. The molecule has 0 saturated heterocycles. The Kier molecular flexibility index (Phi) is 3.79. The molecule has 1 N–H and O–H groups in total. The van der Waals surface area contributed by atoms with E-state index in [-0.39, 0.29) is 17.9 Å². The second kappa shape index (κ2) is 5.36. The molecule has 0 saturated carbocycles. The van der Waals surface area contributed by atoms with E-state index in [1.54, 1.807) is 18.2 Å². The highest BCUT2D eigenvalue weighted by Gasteiger charge is 2.16. The highest BCUT2D eigenvalue weighted by atomic mass is 16.5. The van der Waals surface area contributed by atoms with Crippen LogP contribution >= 0.6 is 0 Å². The van der Waals surface area contributed by atoms with Crippen molar-refractivity contribution in [2.75, 3.05) is 7.11 Å². The number of methoxy groups -OCH3 is 1. The average Bonchev–Trinajstić information content (AvgIpc) is 2.37. The van der Waals surface area contributed by atoms with E-state index in [1.807, 2.05) is 18.4 Å². The number of pyridine rings is 1. The summed E-state index contributed by atoms with van der Waals surface area (Å²) in [6.07, 6.45) is -0.193. The maximum Gasteiger partial charge on any atom is 0.309 e. The maximum absolute atomic E-state index is 12.2. The van der Waals surface area contributed by atoms with Gasteiger partial charge >= 0.3 is 5.97 Å². The highest BCUT2D eigenvalue weighted by molar-refractivity contribution is 5.86. The van der Waals surface area contributed by atoms with Crippen LogP contribution in [0.1, 0.15) is 25.6 Å². The molecule has 0 aliphatic rings. The second-order valence-electron chi connectivity index (χ2n) is 4.89. The molecule has 1 heterocycles. The van der Waals surface area contributed by atoms with E-state index in [4.69, 9.17) is 9.84 Å². The first-order chi connectivity index (χ1) is 9.45. The Hall–Kier alpha value is -2.30. The minimum atomic E-state index is -0.965. The normalized spacial score (nSPS) is 11.0. The van der Waals surface area contributed by atoms with Crippen LogP contribution in [-0.4, -0.2) is 22.8 Å². The van der Waals surface area contributed by atoms with Crippen LogP contribution < -0.4 is 10.2 Å². The van der Waals surface area contributed by atoms with Gasteiger partial charge in [-0.15, -0.1) is 0 Å². The first-order valence-corrected chi connectivity index (χ1v) is 6.38. The largest absolute Gasteiger partial charge is 0.495 e. The van der Waals surface area contributed by atoms with Gasteiger partial charge in [0.1, 0.15) is 5.75 Å². The lowest BCUT2D eigenvalue weighted by Crippen LogP contribution is -2.19. The van der Waals surface area contributed by atoms with Crippen molar-refractivity contribution < 1.29 is 14.6 Å². The Morgan fingerprint density at radius 3 is 2.65 bits per heavy atom. The monoisotopic (exact) mass is 275 g/mol. The van der Waals surface area contributed by atoms with Crippen LogP contribution in [0.3, 0.4) is 0 Å². The van der Waals surface area contributed by atoms with Crippen LogP contribution in [0.15, 0.2) is 29.1 Å². The number of carbonyl (C=O) groups is 1. The van der Waals surface area contributed by atoms with Crippen molar-refractivity contribution in [3.8, 4) is 5.75 Å². The molecule has 0 atom stereocenters. The molecular weight excluding hydrogens is 258 g/mol. The molecule has 0 spiro atoms. The van der Waals surface area contributed by atoms with Gasteiger partial charge in [0, 0.05) is 23.2 Å². The second-order valence-corrected chi connectivity index (χ2v) is 4.89. The van der Waals surface area contributed by atoms with Crippen LogP contribution in [0.25, 0.3) is 10.9 Å². The zero-order chi connectivity index (χ0) is 14.9. The van der Waals surface area contributed by atoms with Crippen molar-refractivity contribution in [3.05, 3.63) is 40.2 Å². The number of benzene rings is 1. The molecule has 0 aliphatic carbocycles. The quantitative estimate of drug-likeness (QED) is 0.929. The summed E-state index contributed by atoms with van der Waals surface area (Å²) < 4.78 is 7.18. The van der Waals surface area contributed by atoms with Crippen molar-refractivity contribution in [1.82, 2.24) is 4.57 Å². The molecule has 5 nitrogen and oxygen atoms in total. The molecule has 0 amide bonds.